The molecule has 0 spiro atoms. The van der Waals surface area contributed by atoms with E-state index < -0.39 is 29.6 Å². The van der Waals surface area contributed by atoms with Crippen LogP contribution in [0.2, 0.25) is 0 Å². The van der Waals surface area contributed by atoms with Gasteiger partial charge in [-0.15, -0.1) is 11.3 Å². The highest BCUT2D eigenvalue weighted by atomic mass is 32.1. The third-order valence-corrected chi connectivity index (χ3v) is 5.47. The second kappa shape index (κ2) is 7.93. The van der Waals surface area contributed by atoms with Gasteiger partial charge in [0.25, 0.3) is 5.91 Å². The number of aryl methyl sites for hydroxylation is 1. The van der Waals surface area contributed by atoms with Crippen LogP contribution in [0.4, 0.5) is 14.5 Å². The highest BCUT2D eigenvalue weighted by Crippen LogP contribution is 2.31. The van der Waals surface area contributed by atoms with Crippen LogP contribution >= 0.6 is 11.3 Å². The van der Waals surface area contributed by atoms with Crippen LogP contribution in [0, 0.1) is 25.5 Å². The molecule has 0 aliphatic heterocycles. The molecule has 3 rings (SSSR count). The molecule has 1 N–H and O–H groups in total. The molecule has 0 saturated carbocycles. The van der Waals surface area contributed by atoms with Gasteiger partial charge in [0.1, 0.15) is 16.6 Å². The summed E-state index contributed by atoms with van der Waals surface area (Å²) in [5.41, 5.74) is 0.965. The van der Waals surface area contributed by atoms with E-state index >= 15 is 0 Å². The van der Waals surface area contributed by atoms with Gasteiger partial charge in [0, 0.05) is 23.3 Å². The molecule has 2 heterocycles. The number of aromatic nitrogens is 1. The molecule has 8 heteroatoms. The molecule has 0 unspecified atom stereocenters. The van der Waals surface area contributed by atoms with Crippen molar-refractivity contribution < 1.29 is 23.1 Å². The molecule has 1 atom stereocenters. The number of ether oxygens (including phenoxy) is 1. The number of carbonyl (C=O) groups excluding carboxylic acids is 2. The maximum Gasteiger partial charge on any atom is 0.342 e. The van der Waals surface area contributed by atoms with Gasteiger partial charge in [-0.2, -0.15) is 0 Å². The minimum Gasteiger partial charge on any atom is -0.449 e. The monoisotopic (exact) mass is 404 g/mol. The van der Waals surface area contributed by atoms with Crippen molar-refractivity contribution in [2.24, 2.45) is 0 Å². The van der Waals surface area contributed by atoms with Crippen LogP contribution in [0.25, 0.3) is 5.00 Å². The number of rotatable bonds is 5. The van der Waals surface area contributed by atoms with Crippen LogP contribution < -0.4 is 5.32 Å². The van der Waals surface area contributed by atoms with Gasteiger partial charge in [0.15, 0.2) is 6.10 Å². The van der Waals surface area contributed by atoms with Crippen molar-refractivity contribution >= 4 is 28.9 Å². The van der Waals surface area contributed by atoms with E-state index in [-0.39, 0.29) is 5.69 Å². The molecule has 2 aromatic heterocycles. The van der Waals surface area contributed by atoms with E-state index in [2.05, 4.69) is 5.32 Å². The second-order valence-electron chi connectivity index (χ2n) is 6.21. The molecule has 28 heavy (non-hydrogen) atoms. The van der Waals surface area contributed by atoms with Gasteiger partial charge in [0.05, 0.1) is 11.3 Å². The third-order valence-electron chi connectivity index (χ3n) is 4.25. The van der Waals surface area contributed by atoms with Crippen molar-refractivity contribution in [3.8, 4) is 5.00 Å². The first-order valence-corrected chi connectivity index (χ1v) is 9.29. The summed E-state index contributed by atoms with van der Waals surface area (Å²) in [7, 11) is 0. The number of amides is 1. The molecular weight excluding hydrogens is 386 g/mol. The first-order chi connectivity index (χ1) is 13.3. The zero-order chi connectivity index (χ0) is 20.4. The van der Waals surface area contributed by atoms with Crippen molar-refractivity contribution in [1.29, 1.82) is 0 Å². The average Bonchev–Trinajstić information content (AvgIpc) is 3.26. The Labute approximate surface area is 164 Å². The predicted octanol–water partition coefficient (Wildman–Crippen LogP) is 4.62. The van der Waals surface area contributed by atoms with Gasteiger partial charge in [-0.25, -0.2) is 13.6 Å². The van der Waals surface area contributed by atoms with Crippen molar-refractivity contribution in [3.05, 3.63) is 70.4 Å². The minimum atomic E-state index is -1.17. The van der Waals surface area contributed by atoms with E-state index in [0.717, 1.165) is 22.6 Å². The fourth-order valence-corrected chi connectivity index (χ4v) is 3.71. The van der Waals surface area contributed by atoms with Gasteiger partial charge in [-0.3, -0.25) is 4.79 Å². The van der Waals surface area contributed by atoms with Crippen molar-refractivity contribution in [2.75, 3.05) is 5.32 Å². The number of nitrogens with zero attached hydrogens (tertiary/aromatic N) is 1. The average molecular weight is 404 g/mol. The summed E-state index contributed by atoms with van der Waals surface area (Å²) in [6.07, 6.45) is 2.46. The molecule has 0 aliphatic rings. The predicted molar refractivity (Wildman–Crippen MR) is 103 cm³/mol. The summed E-state index contributed by atoms with van der Waals surface area (Å²) in [6, 6.07) is 6.47. The van der Waals surface area contributed by atoms with E-state index in [4.69, 9.17) is 4.74 Å². The van der Waals surface area contributed by atoms with Crippen molar-refractivity contribution in [3.63, 3.8) is 0 Å². The Morgan fingerprint density at radius 1 is 1.18 bits per heavy atom. The van der Waals surface area contributed by atoms with E-state index in [9.17, 15) is 18.4 Å². The number of thiophene rings is 1. The topological polar surface area (TPSA) is 60.3 Å². The maximum absolute atomic E-state index is 13.7. The Bertz CT molecular complexity index is 1030. The molecule has 0 aliphatic carbocycles. The van der Waals surface area contributed by atoms with E-state index in [1.807, 2.05) is 38.4 Å². The highest BCUT2D eigenvalue weighted by molar-refractivity contribution is 7.15. The summed E-state index contributed by atoms with van der Waals surface area (Å²) in [5.74, 6) is -3.03. The number of hydrogen-bond donors (Lipinski definition) is 1. The van der Waals surface area contributed by atoms with E-state index in [0.29, 0.717) is 16.6 Å². The van der Waals surface area contributed by atoms with Crippen LogP contribution in [-0.2, 0) is 9.53 Å². The summed E-state index contributed by atoms with van der Waals surface area (Å²) < 4.78 is 33.8. The fourth-order valence-electron chi connectivity index (χ4n) is 2.60. The fraction of sp³-hybridized carbons (Fsp3) is 0.200. The lowest BCUT2D eigenvalue weighted by molar-refractivity contribution is -0.123. The number of benzene rings is 1. The Kier molecular flexibility index (Phi) is 5.60. The van der Waals surface area contributed by atoms with Gasteiger partial charge in [0.2, 0.25) is 0 Å². The second-order valence-corrected chi connectivity index (χ2v) is 7.42. The molecule has 5 nitrogen and oxygen atoms in total. The number of anilines is 1. The number of halogens is 2. The lowest BCUT2D eigenvalue weighted by Crippen LogP contribution is -2.30. The molecule has 1 amide bonds. The first kappa shape index (κ1) is 19.8. The van der Waals surface area contributed by atoms with Crippen molar-refractivity contribution in [2.45, 2.75) is 26.9 Å². The van der Waals surface area contributed by atoms with Crippen LogP contribution in [0.1, 0.15) is 27.7 Å². The normalized spacial score (nSPS) is 11.9. The van der Waals surface area contributed by atoms with Gasteiger partial charge >= 0.3 is 5.97 Å². The van der Waals surface area contributed by atoms with Crippen LogP contribution in [0.3, 0.4) is 0 Å². The molecular formula is C20H18F2N2O3S. The zero-order valence-corrected chi connectivity index (χ0v) is 16.3. The largest absolute Gasteiger partial charge is 0.449 e. The Hall–Kier alpha value is -3.00. The SMILES string of the molecule is Cc1sc(-n2cccc2)c(C(=O)O[C@H](C)C(=O)Nc2ccc(F)cc2F)c1C. The number of carbonyl (C=O) groups is 2. The van der Waals surface area contributed by atoms with E-state index in [1.54, 1.807) is 4.57 Å². The van der Waals surface area contributed by atoms with Gasteiger partial charge in [-0.05, 0) is 50.6 Å². The van der Waals surface area contributed by atoms with Gasteiger partial charge in [-0.1, -0.05) is 0 Å². The van der Waals surface area contributed by atoms with Crippen LogP contribution in [-0.4, -0.2) is 22.5 Å². The number of hydrogen-bond acceptors (Lipinski definition) is 4. The smallest absolute Gasteiger partial charge is 0.342 e. The quantitative estimate of drug-likeness (QED) is 0.632. The molecule has 0 radical (unpaired) electrons. The lowest BCUT2D eigenvalue weighted by Gasteiger charge is -2.15. The molecule has 3 aromatic rings. The number of esters is 1. The molecule has 0 bridgehead atoms. The number of nitrogens with one attached hydrogen (secondary N) is 1. The standard InChI is InChI=1S/C20H18F2N2O3S/c1-11-13(3)28-19(24-8-4-5-9-24)17(11)20(26)27-12(2)18(25)23-16-7-6-14(21)10-15(16)22/h4-10,12H,1-3H3,(H,23,25)/t12-/m1/s1. The molecule has 0 saturated heterocycles. The summed E-state index contributed by atoms with van der Waals surface area (Å²) in [4.78, 5) is 26.0. The maximum atomic E-state index is 13.7. The summed E-state index contributed by atoms with van der Waals surface area (Å²) in [5, 5.41) is 2.99. The third kappa shape index (κ3) is 3.96. The summed E-state index contributed by atoms with van der Waals surface area (Å²) >= 11 is 1.44. The zero-order valence-electron chi connectivity index (χ0n) is 15.5. The lowest BCUT2D eigenvalue weighted by atomic mass is 10.1. The molecule has 1 aromatic carbocycles. The van der Waals surface area contributed by atoms with Crippen LogP contribution in [0.5, 0.6) is 0 Å². The Balaban J connectivity index is 1.77. The van der Waals surface area contributed by atoms with Gasteiger partial charge < -0.3 is 14.6 Å². The summed E-state index contributed by atoms with van der Waals surface area (Å²) in [6.45, 7) is 5.10. The Morgan fingerprint density at radius 2 is 1.86 bits per heavy atom. The molecule has 0 fully saturated rings. The Morgan fingerprint density at radius 3 is 2.50 bits per heavy atom. The highest BCUT2D eigenvalue weighted by Gasteiger charge is 2.26. The first-order valence-electron chi connectivity index (χ1n) is 8.48. The van der Waals surface area contributed by atoms with Crippen molar-refractivity contribution in [1.82, 2.24) is 4.57 Å². The van der Waals surface area contributed by atoms with Crippen LogP contribution in [0.15, 0.2) is 42.7 Å². The molecule has 146 valence electrons. The van der Waals surface area contributed by atoms with E-state index in [1.165, 1.54) is 18.3 Å². The minimum absolute atomic E-state index is 0.190.